The van der Waals surface area contributed by atoms with E-state index >= 15 is 0 Å². The van der Waals surface area contributed by atoms with Gasteiger partial charge in [0.05, 0.1) is 36.8 Å². The fourth-order valence-electron chi connectivity index (χ4n) is 3.88. The molecule has 1 aliphatic heterocycles. The number of rotatable bonds is 7. The summed E-state index contributed by atoms with van der Waals surface area (Å²) in [7, 11) is -3.77. The predicted octanol–water partition coefficient (Wildman–Crippen LogP) is 3.60. The Morgan fingerprint density at radius 1 is 1.26 bits per heavy atom. The zero-order valence-corrected chi connectivity index (χ0v) is 18.6. The molecule has 2 aliphatic rings. The Balaban J connectivity index is 1.69. The highest BCUT2D eigenvalue weighted by atomic mass is 32.2. The van der Waals surface area contributed by atoms with Crippen LogP contribution >= 0.6 is 12.2 Å². The minimum absolute atomic E-state index is 0.00564. The van der Waals surface area contributed by atoms with Crippen LogP contribution in [0.2, 0.25) is 0 Å². The molecule has 0 amide bonds. The van der Waals surface area contributed by atoms with Crippen molar-refractivity contribution in [1.82, 2.24) is 13.8 Å². The number of alkyl halides is 3. The zero-order valence-electron chi connectivity index (χ0n) is 17.0. The average Bonchev–Trinajstić information content (AvgIpc) is 3.51. The Kier molecular flexibility index (Phi) is 6.21. The molecule has 0 spiro atoms. The first-order chi connectivity index (χ1) is 14.6. The van der Waals surface area contributed by atoms with Crippen molar-refractivity contribution in [2.24, 2.45) is 5.92 Å². The van der Waals surface area contributed by atoms with Crippen molar-refractivity contribution in [1.29, 1.82) is 0 Å². The van der Waals surface area contributed by atoms with Gasteiger partial charge in [-0.2, -0.15) is 17.5 Å². The lowest BCUT2D eigenvalue weighted by Crippen LogP contribution is -2.42. The van der Waals surface area contributed by atoms with Crippen LogP contribution in [0.4, 0.5) is 13.2 Å². The number of aromatic nitrogens is 1. The van der Waals surface area contributed by atoms with E-state index in [1.807, 2.05) is 0 Å². The summed E-state index contributed by atoms with van der Waals surface area (Å²) in [4.78, 5) is 1.38. The number of fused-ring (bicyclic) bond motifs is 1. The second-order valence-electron chi connectivity index (χ2n) is 8.02. The number of hydrogen-bond donors (Lipinski definition) is 0. The Hall–Kier alpha value is -1.47. The highest BCUT2D eigenvalue weighted by Crippen LogP contribution is 2.37. The summed E-state index contributed by atoms with van der Waals surface area (Å²) in [5, 5.41) is 0. The molecule has 0 bridgehead atoms. The summed E-state index contributed by atoms with van der Waals surface area (Å²) in [6, 6.07) is 4.06. The Bertz CT molecular complexity index is 1100. The second kappa shape index (κ2) is 8.47. The molecular weight excluding hydrogens is 455 g/mol. The van der Waals surface area contributed by atoms with Gasteiger partial charge in [-0.1, -0.05) is 0 Å². The summed E-state index contributed by atoms with van der Waals surface area (Å²) in [5.74, 6) is 0.215. The van der Waals surface area contributed by atoms with Gasteiger partial charge in [0.15, 0.2) is 5.58 Å². The monoisotopic (exact) mass is 479 g/mol. The van der Waals surface area contributed by atoms with E-state index in [2.05, 4.69) is 0 Å². The summed E-state index contributed by atoms with van der Waals surface area (Å²) in [5.41, 5.74) is 0.687. The van der Waals surface area contributed by atoms with Gasteiger partial charge < -0.3 is 9.15 Å². The third-order valence-corrected chi connectivity index (χ3v) is 8.03. The molecule has 1 saturated heterocycles. The Morgan fingerprint density at radius 3 is 2.55 bits per heavy atom. The molecule has 1 aromatic carbocycles. The highest BCUT2D eigenvalue weighted by molar-refractivity contribution is 7.89. The van der Waals surface area contributed by atoms with Crippen LogP contribution in [-0.2, 0) is 21.4 Å². The fourth-order valence-corrected chi connectivity index (χ4v) is 5.56. The molecule has 4 rings (SSSR count). The first-order valence-corrected chi connectivity index (χ1v) is 11.9. The molecule has 12 heteroatoms. The maximum absolute atomic E-state index is 13.2. The van der Waals surface area contributed by atoms with E-state index in [0.29, 0.717) is 24.3 Å². The molecule has 7 nitrogen and oxygen atoms in total. The summed E-state index contributed by atoms with van der Waals surface area (Å²) < 4.78 is 79.2. The van der Waals surface area contributed by atoms with Gasteiger partial charge in [-0.15, -0.1) is 0 Å². The number of benzene rings is 1. The van der Waals surface area contributed by atoms with Crippen LogP contribution in [0, 0.1) is 10.8 Å². The fraction of sp³-hybridized carbons (Fsp3) is 0.632. The van der Waals surface area contributed by atoms with Gasteiger partial charge >= 0.3 is 6.18 Å². The molecule has 0 radical (unpaired) electrons. The van der Waals surface area contributed by atoms with Gasteiger partial charge in [0.25, 0.3) is 4.84 Å². The van der Waals surface area contributed by atoms with Crippen LogP contribution in [0.15, 0.2) is 27.5 Å². The topological polar surface area (TPSA) is 67.9 Å². The van der Waals surface area contributed by atoms with Gasteiger partial charge in [-0.3, -0.25) is 9.47 Å². The number of sulfonamides is 1. The molecule has 31 heavy (non-hydrogen) atoms. The van der Waals surface area contributed by atoms with Gasteiger partial charge in [-0.25, -0.2) is 8.42 Å². The van der Waals surface area contributed by atoms with E-state index in [4.69, 9.17) is 21.4 Å². The molecule has 2 fully saturated rings. The Morgan fingerprint density at radius 2 is 1.94 bits per heavy atom. The molecule has 1 aromatic heterocycles. The smallest absolute Gasteiger partial charge is 0.401 e. The minimum Gasteiger partial charge on any atom is -0.429 e. The highest BCUT2D eigenvalue weighted by Gasteiger charge is 2.38. The molecule has 2 heterocycles. The lowest BCUT2D eigenvalue weighted by Gasteiger charge is -2.30. The number of hydrogen-bond acceptors (Lipinski definition) is 6. The van der Waals surface area contributed by atoms with Crippen molar-refractivity contribution >= 4 is 33.3 Å². The largest absolute Gasteiger partial charge is 0.429 e. The predicted molar refractivity (Wildman–Crippen MR) is 110 cm³/mol. The molecule has 1 saturated carbocycles. The molecule has 0 N–H and O–H groups in total. The summed E-state index contributed by atoms with van der Waals surface area (Å²) in [6.45, 7) is 1.69. The summed E-state index contributed by atoms with van der Waals surface area (Å²) >= 11 is 5.25. The van der Waals surface area contributed by atoms with Gasteiger partial charge in [0, 0.05) is 19.1 Å². The lowest BCUT2D eigenvalue weighted by molar-refractivity contribution is -0.155. The minimum atomic E-state index is -4.37. The van der Waals surface area contributed by atoms with Crippen molar-refractivity contribution in [3.63, 3.8) is 0 Å². The molecule has 2 aromatic rings. The SMILES string of the molecule is C[C@H](C1CC1)N(Cn1c(=S)oc2ccc(S(=O)(=O)N3CCOCC3)cc21)CC(F)(F)F. The van der Waals surface area contributed by atoms with Crippen molar-refractivity contribution < 1.29 is 30.7 Å². The van der Waals surface area contributed by atoms with Crippen LogP contribution in [0.25, 0.3) is 11.1 Å². The third-order valence-electron chi connectivity index (χ3n) is 5.83. The standard InChI is InChI=1S/C19H24F3N3O4S2/c1-13(14-2-3-14)23(11-19(20,21)22)12-25-16-10-15(4-5-17(16)29-18(25)30)31(26,27)24-6-8-28-9-7-24/h4-5,10,13-14H,2-3,6-9,11-12H2,1H3/t13-/m1/s1. The van der Waals surface area contributed by atoms with Crippen molar-refractivity contribution in [2.75, 3.05) is 32.8 Å². The van der Waals surface area contributed by atoms with Crippen LogP contribution in [0.3, 0.4) is 0 Å². The van der Waals surface area contributed by atoms with Crippen molar-refractivity contribution in [3.05, 3.63) is 23.0 Å². The van der Waals surface area contributed by atoms with E-state index in [0.717, 1.165) is 12.8 Å². The number of morpholine rings is 1. The van der Waals surface area contributed by atoms with E-state index in [1.165, 1.54) is 32.0 Å². The maximum atomic E-state index is 13.2. The zero-order chi connectivity index (χ0) is 22.4. The van der Waals surface area contributed by atoms with Gasteiger partial charge in [0.1, 0.15) is 0 Å². The van der Waals surface area contributed by atoms with E-state index in [-0.39, 0.29) is 41.5 Å². The lowest BCUT2D eigenvalue weighted by atomic mass is 10.2. The number of nitrogens with zero attached hydrogens (tertiary/aromatic N) is 3. The first kappa shape index (κ1) is 22.7. The average molecular weight is 480 g/mol. The third kappa shape index (κ3) is 4.98. The molecule has 0 unspecified atom stereocenters. The second-order valence-corrected chi connectivity index (χ2v) is 10.3. The molecule has 1 aliphatic carbocycles. The van der Waals surface area contributed by atoms with Crippen LogP contribution in [0.1, 0.15) is 19.8 Å². The first-order valence-electron chi connectivity index (χ1n) is 10.1. The quantitative estimate of drug-likeness (QED) is 0.566. The van der Waals surface area contributed by atoms with Crippen LogP contribution in [0.5, 0.6) is 0 Å². The Labute approximate surface area is 183 Å². The van der Waals surface area contributed by atoms with Gasteiger partial charge in [-0.05, 0) is 56.1 Å². The molecule has 1 atom stereocenters. The molecular formula is C19H24F3N3O4S2. The van der Waals surface area contributed by atoms with Crippen molar-refractivity contribution in [2.45, 2.75) is 43.5 Å². The van der Waals surface area contributed by atoms with Crippen molar-refractivity contribution in [3.8, 4) is 0 Å². The van der Waals surface area contributed by atoms with E-state index < -0.39 is 22.7 Å². The number of ether oxygens (including phenoxy) is 1. The van der Waals surface area contributed by atoms with Crippen LogP contribution < -0.4 is 0 Å². The molecule has 172 valence electrons. The number of halogens is 3. The normalized spacial score (nSPS) is 19.9. The van der Waals surface area contributed by atoms with E-state index in [1.54, 1.807) is 6.92 Å². The van der Waals surface area contributed by atoms with Crippen LogP contribution in [-0.4, -0.2) is 67.3 Å². The van der Waals surface area contributed by atoms with Gasteiger partial charge in [0.2, 0.25) is 10.0 Å². The van der Waals surface area contributed by atoms with E-state index in [9.17, 15) is 21.6 Å². The summed E-state index contributed by atoms with van der Waals surface area (Å²) in [6.07, 6.45) is -2.57. The number of oxazole rings is 1. The maximum Gasteiger partial charge on any atom is 0.401 e.